The average Bonchev–Trinajstić information content (AvgIpc) is 2.55. The Morgan fingerprint density at radius 2 is 2.09 bits per heavy atom. The predicted molar refractivity (Wildman–Crippen MR) is 85.4 cm³/mol. The van der Waals surface area contributed by atoms with Crippen LogP contribution < -0.4 is 5.32 Å². The van der Waals surface area contributed by atoms with E-state index in [0.29, 0.717) is 26.2 Å². The molecule has 2 rings (SSSR count). The maximum Gasteiger partial charge on any atom is 0.244 e. The number of carbonyl (C=O) groups excluding carboxylic acids is 1. The van der Waals surface area contributed by atoms with Crippen LogP contribution in [0.3, 0.4) is 0 Å². The summed E-state index contributed by atoms with van der Waals surface area (Å²) in [4.78, 5) is 13.7. The molecule has 1 amide bonds. The monoisotopic (exact) mass is 356 g/mol. The zero-order chi connectivity index (χ0) is 17.0. The maximum absolute atomic E-state index is 12.5. The zero-order valence-corrected chi connectivity index (χ0v) is 14.2. The van der Waals surface area contributed by atoms with Crippen LogP contribution in [0.4, 0.5) is 0 Å². The van der Waals surface area contributed by atoms with Crippen molar-refractivity contribution in [2.75, 3.05) is 39.8 Å². The minimum Gasteiger partial charge on any atom is -0.339 e. The molecule has 1 fully saturated rings. The van der Waals surface area contributed by atoms with Gasteiger partial charge in [0, 0.05) is 33.2 Å². The van der Waals surface area contributed by atoms with Crippen LogP contribution in [0.2, 0.25) is 5.02 Å². The fraction of sp³-hybridized carbons (Fsp3) is 0.429. The molecule has 9 heteroatoms. The molecule has 0 bridgehead atoms. The van der Waals surface area contributed by atoms with Gasteiger partial charge in [-0.2, -0.15) is 9.57 Å². The Kier molecular flexibility index (Phi) is 5.59. The van der Waals surface area contributed by atoms with Gasteiger partial charge in [-0.3, -0.25) is 4.79 Å². The van der Waals surface area contributed by atoms with Crippen LogP contribution in [-0.2, 0) is 14.8 Å². The number of carbonyl (C=O) groups is 1. The highest BCUT2D eigenvalue weighted by Gasteiger charge is 2.27. The molecule has 1 aromatic rings. The molecule has 1 heterocycles. The number of piperazine rings is 1. The van der Waals surface area contributed by atoms with Crippen molar-refractivity contribution in [1.82, 2.24) is 14.5 Å². The van der Waals surface area contributed by atoms with Crippen molar-refractivity contribution in [1.29, 1.82) is 5.26 Å². The molecule has 1 N–H and O–H groups in total. The lowest BCUT2D eigenvalue weighted by molar-refractivity contribution is -0.131. The van der Waals surface area contributed by atoms with Crippen LogP contribution in [0.1, 0.15) is 5.56 Å². The van der Waals surface area contributed by atoms with Gasteiger partial charge in [-0.1, -0.05) is 11.6 Å². The second-order valence-electron chi connectivity index (χ2n) is 5.15. The largest absolute Gasteiger partial charge is 0.339 e. The highest BCUT2D eigenvalue weighted by molar-refractivity contribution is 7.89. The first kappa shape index (κ1) is 17.7. The average molecular weight is 357 g/mol. The van der Waals surface area contributed by atoms with Crippen molar-refractivity contribution in [3.8, 4) is 6.07 Å². The smallest absolute Gasteiger partial charge is 0.244 e. The van der Waals surface area contributed by atoms with E-state index in [1.807, 2.05) is 6.07 Å². The molecular formula is C14H17ClN4O3S. The van der Waals surface area contributed by atoms with Crippen molar-refractivity contribution in [2.45, 2.75) is 4.90 Å². The topological polar surface area (TPSA) is 93.5 Å². The van der Waals surface area contributed by atoms with Crippen LogP contribution in [0, 0.1) is 11.3 Å². The zero-order valence-electron chi connectivity index (χ0n) is 12.6. The molecule has 1 aliphatic rings. The number of hydrogen-bond donors (Lipinski definition) is 1. The lowest BCUT2D eigenvalue weighted by atomic mass is 10.2. The molecule has 0 aromatic heterocycles. The second-order valence-corrected chi connectivity index (χ2v) is 7.57. The summed E-state index contributed by atoms with van der Waals surface area (Å²) in [5, 5.41) is 11.9. The van der Waals surface area contributed by atoms with E-state index >= 15 is 0 Å². The molecule has 23 heavy (non-hydrogen) atoms. The molecule has 0 aliphatic carbocycles. The maximum atomic E-state index is 12.5. The Hall–Kier alpha value is -1.66. The van der Waals surface area contributed by atoms with Gasteiger partial charge >= 0.3 is 0 Å². The fourth-order valence-electron chi connectivity index (χ4n) is 2.24. The molecule has 1 aromatic carbocycles. The number of amides is 1. The molecule has 124 valence electrons. The van der Waals surface area contributed by atoms with E-state index in [1.165, 1.54) is 25.2 Å². The first-order chi connectivity index (χ1) is 10.9. The Labute approximate surface area is 140 Å². The van der Waals surface area contributed by atoms with Crippen LogP contribution in [0.15, 0.2) is 23.1 Å². The second kappa shape index (κ2) is 7.27. The number of nitrogens with one attached hydrogen (secondary N) is 1. The van der Waals surface area contributed by atoms with Gasteiger partial charge in [-0.15, -0.1) is 0 Å². The van der Waals surface area contributed by atoms with Gasteiger partial charge in [0.2, 0.25) is 15.9 Å². The minimum atomic E-state index is -3.90. The summed E-state index contributed by atoms with van der Waals surface area (Å²) < 4.78 is 26.1. The van der Waals surface area contributed by atoms with Crippen molar-refractivity contribution >= 4 is 27.5 Å². The van der Waals surface area contributed by atoms with Gasteiger partial charge in [0.05, 0.1) is 23.2 Å². The molecule has 7 nitrogen and oxygen atoms in total. The number of rotatable bonds is 4. The number of nitriles is 1. The summed E-state index contributed by atoms with van der Waals surface area (Å²) in [6.45, 7) is 2.26. The fourth-order valence-corrected chi connectivity index (χ4v) is 3.87. The highest BCUT2D eigenvalue weighted by atomic mass is 35.5. The summed E-state index contributed by atoms with van der Waals surface area (Å²) in [5.41, 5.74) is 0.272. The summed E-state index contributed by atoms with van der Waals surface area (Å²) in [5.74, 6) is -0.248. The van der Waals surface area contributed by atoms with E-state index in [1.54, 1.807) is 4.90 Å². The van der Waals surface area contributed by atoms with E-state index in [2.05, 4.69) is 5.32 Å². The normalized spacial score (nSPS) is 15.5. The molecule has 0 atom stereocenters. The van der Waals surface area contributed by atoms with Gasteiger partial charge in [-0.25, -0.2) is 8.42 Å². The Morgan fingerprint density at radius 3 is 2.65 bits per heavy atom. The van der Waals surface area contributed by atoms with E-state index < -0.39 is 10.0 Å². The molecule has 0 saturated carbocycles. The number of benzene rings is 1. The number of hydrogen-bond acceptors (Lipinski definition) is 5. The quantitative estimate of drug-likeness (QED) is 0.835. The van der Waals surface area contributed by atoms with Crippen molar-refractivity contribution in [3.05, 3.63) is 28.8 Å². The minimum absolute atomic E-state index is 0.0366. The van der Waals surface area contributed by atoms with E-state index in [9.17, 15) is 13.2 Å². The summed E-state index contributed by atoms with van der Waals surface area (Å²) in [7, 11) is -2.56. The molecule has 0 unspecified atom stereocenters. The van der Waals surface area contributed by atoms with Crippen molar-refractivity contribution in [2.24, 2.45) is 0 Å². The van der Waals surface area contributed by atoms with Gasteiger partial charge < -0.3 is 10.2 Å². The summed E-state index contributed by atoms with van der Waals surface area (Å²) in [6, 6.07) is 5.84. The predicted octanol–water partition coefficient (Wildman–Crippen LogP) is 0.264. The third kappa shape index (κ3) is 4.00. The highest BCUT2D eigenvalue weighted by Crippen LogP contribution is 2.25. The Morgan fingerprint density at radius 1 is 1.43 bits per heavy atom. The molecule has 0 spiro atoms. The van der Waals surface area contributed by atoms with Crippen LogP contribution >= 0.6 is 11.6 Å². The third-order valence-electron chi connectivity index (χ3n) is 3.58. The van der Waals surface area contributed by atoms with Crippen molar-refractivity contribution < 1.29 is 13.2 Å². The number of likely N-dealkylation sites (N-methyl/N-ethyl adjacent to an activating group) is 1. The standard InChI is InChI=1S/C14H17ClN4O3S/c1-18(10-14(20)19-6-4-17-5-7-19)23(21,22)13-3-2-11(9-16)8-12(13)15/h2-3,8,17H,4-7,10H2,1H3. The van der Waals surface area contributed by atoms with Crippen LogP contribution in [-0.4, -0.2) is 63.3 Å². The summed E-state index contributed by atoms with van der Waals surface area (Å²) >= 11 is 5.96. The van der Waals surface area contributed by atoms with Crippen LogP contribution in [0.5, 0.6) is 0 Å². The molecule has 0 radical (unpaired) electrons. The van der Waals surface area contributed by atoms with Crippen LogP contribution in [0.25, 0.3) is 0 Å². The Bertz CT molecular complexity index is 739. The number of sulfonamides is 1. The van der Waals surface area contributed by atoms with Gasteiger partial charge in [0.1, 0.15) is 4.90 Å². The Balaban J connectivity index is 2.15. The van der Waals surface area contributed by atoms with E-state index in [0.717, 1.165) is 4.31 Å². The van der Waals surface area contributed by atoms with Gasteiger partial charge in [0.25, 0.3) is 0 Å². The number of nitrogens with zero attached hydrogens (tertiary/aromatic N) is 3. The van der Waals surface area contributed by atoms with E-state index in [4.69, 9.17) is 16.9 Å². The summed E-state index contributed by atoms with van der Waals surface area (Å²) in [6.07, 6.45) is 0. The lowest BCUT2D eigenvalue weighted by Gasteiger charge is -2.29. The molecule has 1 saturated heterocycles. The van der Waals surface area contributed by atoms with Gasteiger partial charge in [0.15, 0.2) is 0 Å². The van der Waals surface area contributed by atoms with E-state index in [-0.39, 0.29) is 27.9 Å². The molecular weight excluding hydrogens is 340 g/mol. The van der Waals surface area contributed by atoms with Gasteiger partial charge in [-0.05, 0) is 18.2 Å². The lowest BCUT2D eigenvalue weighted by Crippen LogP contribution is -2.49. The third-order valence-corrected chi connectivity index (χ3v) is 5.86. The van der Waals surface area contributed by atoms with Crippen molar-refractivity contribution in [3.63, 3.8) is 0 Å². The SMILES string of the molecule is CN(CC(=O)N1CCNCC1)S(=O)(=O)c1ccc(C#N)cc1Cl. The first-order valence-electron chi connectivity index (χ1n) is 7.00. The first-order valence-corrected chi connectivity index (χ1v) is 8.82. The number of halogens is 1. The molecule has 1 aliphatic heterocycles.